The van der Waals surface area contributed by atoms with E-state index in [1.807, 2.05) is 24.3 Å². The molecule has 0 bridgehead atoms. The van der Waals surface area contributed by atoms with Crippen molar-refractivity contribution in [2.24, 2.45) is 0 Å². The number of hydrogen-bond donors (Lipinski definition) is 2. The highest BCUT2D eigenvalue weighted by atomic mass is 35.5. The van der Waals surface area contributed by atoms with Crippen LogP contribution < -0.4 is 10.1 Å². The average molecular weight is 486 g/mol. The number of piperidine rings is 1. The Hall–Kier alpha value is -2.68. The summed E-state index contributed by atoms with van der Waals surface area (Å²) in [5, 5.41) is 10.9. The molecule has 2 heterocycles. The van der Waals surface area contributed by atoms with E-state index in [-0.39, 0.29) is 18.5 Å². The summed E-state index contributed by atoms with van der Waals surface area (Å²) >= 11 is 11.4. The standard InChI is InChI=1S/C24H28ClN5O2S/c1-32-20-11-7-17(8-12-20)21(29-13-3-2-4-14-29)15-26-22(31)16-30-23(27-28-24(30)33)18-5-9-19(25)10-6-18/h5-12,21H,2-4,13-16H2,1H3,(H,26,31)(H,28,33). The van der Waals surface area contributed by atoms with Crippen LogP contribution in [0.4, 0.5) is 0 Å². The molecule has 2 N–H and O–H groups in total. The molecule has 1 unspecified atom stereocenters. The number of benzene rings is 2. The lowest BCUT2D eigenvalue weighted by atomic mass is 10.0. The number of methoxy groups -OCH3 is 1. The van der Waals surface area contributed by atoms with Gasteiger partial charge in [-0.2, -0.15) is 5.10 Å². The lowest BCUT2D eigenvalue weighted by Gasteiger charge is -2.35. The van der Waals surface area contributed by atoms with E-state index in [1.54, 1.807) is 23.8 Å². The second-order valence-electron chi connectivity index (χ2n) is 8.14. The van der Waals surface area contributed by atoms with Crippen LogP contribution in [-0.2, 0) is 11.3 Å². The SMILES string of the molecule is COc1ccc(C(CNC(=O)Cn2c(-c3ccc(Cl)cc3)n[nH]c2=S)N2CCCCC2)cc1. The van der Waals surface area contributed by atoms with Crippen molar-refractivity contribution in [3.63, 3.8) is 0 Å². The number of carbonyl (C=O) groups is 1. The first-order chi connectivity index (χ1) is 16.0. The molecule has 9 heteroatoms. The van der Waals surface area contributed by atoms with E-state index < -0.39 is 0 Å². The van der Waals surface area contributed by atoms with Gasteiger partial charge in [0.1, 0.15) is 12.3 Å². The molecule has 1 aliphatic heterocycles. The van der Waals surface area contributed by atoms with Crippen LogP contribution in [0.1, 0.15) is 30.9 Å². The number of halogens is 1. The minimum absolute atomic E-state index is 0.0859. The second kappa shape index (κ2) is 11.0. The van der Waals surface area contributed by atoms with Gasteiger partial charge >= 0.3 is 0 Å². The Balaban J connectivity index is 1.47. The van der Waals surface area contributed by atoms with Crippen LogP contribution in [0.25, 0.3) is 11.4 Å². The number of aromatic nitrogens is 3. The van der Waals surface area contributed by atoms with Crippen molar-refractivity contribution in [3.05, 3.63) is 63.9 Å². The number of carbonyl (C=O) groups excluding carboxylic acids is 1. The Morgan fingerprint density at radius 3 is 2.52 bits per heavy atom. The molecule has 1 saturated heterocycles. The Kier molecular flexibility index (Phi) is 7.80. The molecule has 0 radical (unpaired) electrons. The molecule has 1 aromatic heterocycles. The third kappa shape index (κ3) is 5.82. The average Bonchev–Trinajstić information content (AvgIpc) is 3.20. The van der Waals surface area contributed by atoms with Crippen molar-refractivity contribution in [1.82, 2.24) is 25.0 Å². The van der Waals surface area contributed by atoms with Gasteiger partial charge in [-0.25, -0.2) is 0 Å². The second-order valence-corrected chi connectivity index (χ2v) is 8.96. The van der Waals surface area contributed by atoms with Gasteiger partial charge in [-0.3, -0.25) is 19.4 Å². The van der Waals surface area contributed by atoms with E-state index in [4.69, 9.17) is 28.6 Å². The third-order valence-corrected chi connectivity index (χ3v) is 6.55. The van der Waals surface area contributed by atoms with Gasteiger partial charge in [0.05, 0.1) is 13.2 Å². The van der Waals surface area contributed by atoms with Crippen molar-refractivity contribution < 1.29 is 9.53 Å². The number of rotatable bonds is 8. The van der Waals surface area contributed by atoms with Gasteiger partial charge in [0.25, 0.3) is 0 Å². The zero-order valence-corrected chi connectivity index (χ0v) is 20.2. The van der Waals surface area contributed by atoms with E-state index in [2.05, 4.69) is 32.5 Å². The summed E-state index contributed by atoms with van der Waals surface area (Å²) in [7, 11) is 1.66. The quantitative estimate of drug-likeness (QED) is 0.455. The number of nitrogens with zero attached hydrogens (tertiary/aromatic N) is 3. The Labute approximate surface area is 203 Å². The molecule has 3 aromatic rings. The molecule has 0 spiro atoms. The van der Waals surface area contributed by atoms with Crippen LogP contribution in [0.2, 0.25) is 5.02 Å². The molecular weight excluding hydrogens is 458 g/mol. The van der Waals surface area contributed by atoms with Crippen LogP contribution in [0, 0.1) is 4.77 Å². The maximum atomic E-state index is 12.9. The van der Waals surface area contributed by atoms with Gasteiger partial charge in [-0.15, -0.1) is 0 Å². The number of hydrogen-bond acceptors (Lipinski definition) is 5. The van der Waals surface area contributed by atoms with Gasteiger partial charge in [0, 0.05) is 17.1 Å². The van der Waals surface area contributed by atoms with Gasteiger partial charge in [-0.05, 0) is 80.1 Å². The Morgan fingerprint density at radius 1 is 1.15 bits per heavy atom. The minimum Gasteiger partial charge on any atom is -0.497 e. The topological polar surface area (TPSA) is 75.2 Å². The smallest absolute Gasteiger partial charge is 0.240 e. The molecule has 2 aromatic carbocycles. The molecular formula is C24H28ClN5O2S. The van der Waals surface area contributed by atoms with Gasteiger partial charge < -0.3 is 10.1 Å². The maximum absolute atomic E-state index is 12.9. The van der Waals surface area contributed by atoms with Crippen molar-refractivity contribution in [3.8, 4) is 17.1 Å². The van der Waals surface area contributed by atoms with Crippen molar-refractivity contribution >= 4 is 29.7 Å². The number of amides is 1. The van der Waals surface area contributed by atoms with Crippen LogP contribution >= 0.6 is 23.8 Å². The summed E-state index contributed by atoms with van der Waals surface area (Å²) in [4.78, 5) is 15.4. The fraction of sp³-hybridized carbons (Fsp3) is 0.375. The van der Waals surface area contributed by atoms with Gasteiger partial charge in [0.2, 0.25) is 5.91 Å². The fourth-order valence-corrected chi connectivity index (χ4v) is 4.53. The molecule has 4 rings (SSSR count). The molecule has 7 nitrogen and oxygen atoms in total. The zero-order valence-electron chi connectivity index (χ0n) is 18.6. The first-order valence-electron chi connectivity index (χ1n) is 11.1. The van der Waals surface area contributed by atoms with Crippen LogP contribution in [-0.4, -0.2) is 52.3 Å². The number of aromatic amines is 1. The first-order valence-corrected chi connectivity index (χ1v) is 11.9. The van der Waals surface area contributed by atoms with Crippen molar-refractivity contribution in [2.75, 3.05) is 26.7 Å². The lowest BCUT2D eigenvalue weighted by Crippen LogP contribution is -2.41. The predicted octanol–water partition coefficient (Wildman–Crippen LogP) is 4.61. The maximum Gasteiger partial charge on any atom is 0.240 e. The molecule has 1 fully saturated rings. The largest absolute Gasteiger partial charge is 0.497 e. The Morgan fingerprint density at radius 2 is 1.85 bits per heavy atom. The number of likely N-dealkylation sites (tertiary alicyclic amines) is 1. The highest BCUT2D eigenvalue weighted by molar-refractivity contribution is 7.71. The molecule has 0 aliphatic carbocycles. The summed E-state index contributed by atoms with van der Waals surface area (Å²) in [6.07, 6.45) is 3.61. The van der Waals surface area contributed by atoms with E-state index in [0.717, 1.165) is 24.4 Å². The van der Waals surface area contributed by atoms with E-state index in [9.17, 15) is 4.79 Å². The van der Waals surface area contributed by atoms with Crippen molar-refractivity contribution in [2.45, 2.75) is 31.8 Å². The molecule has 174 valence electrons. The van der Waals surface area contributed by atoms with Crippen LogP contribution in [0.5, 0.6) is 5.75 Å². The molecule has 33 heavy (non-hydrogen) atoms. The van der Waals surface area contributed by atoms with Crippen LogP contribution in [0.15, 0.2) is 48.5 Å². The van der Waals surface area contributed by atoms with Crippen LogP contribution in [0.3, 0.4) is 0 Å². The summed E-state index contributed by atoms with van der Waals surface area (Å²) in [6, 6.07) is 15.5. The molecule has 1 amide bonds. The first kappa shape index (κ1) is 23.5. The summed E-state index contributed by atoms with van der Waals surface area (Å²) < 4.78 is 7.41. The monoisotopic (exact) mass is 485 g/mol. The number of ether oxygens (including phenoxy) is 1. The van der Waals surface area contributed by atoms with E-state index >= 15 is 0 Å². The van der Waals surface area contributed by atoms with E-state index in [1.165, 1.54) is 24.8 Å². The highest BCUT2D eigenvalue weighted by Gasteiger charge is 2.23. The fourth-order valence-electron chi connectivity index (χ4n) is 4.21. The normalized spacial score (nSPS) is 15.2. The lowest BCUT2D eigenvalue weighted by molar-refractivity contribution is -0.122. The minimum atomic E-state index is -0.113. The predicted molar refractivity (Wildman–Crippen MR) is 132 cm³/mol. The number of nitrogens with one attached hydrogen (secondary N) is 2. The van der Waals surface area contributed by atoms with E-state index in [0.29, 0.717) is 22.2 Å². The summed E-state index contributed by atoms with van der Waals surface area (Å²) in [5.41, 5.74) is 2.00. The summed E-state index contributed by atoms with van der Waals surface area (Å²) in [5.74, 6) is 1.32. The zero-order chi connectivity index (χ0) is 23.2. The molecule has 1 aliphatic rings. The van der Waals surface area contributed by atoms with Crippen molar-refractivity contribution in [1.29, 1.82) is 0 Å². The molecule has 1 atom stereocenters. The third-order valence-electron chi connectivity index (χ3n) is 5.99. The Bertz CT molecular complexity index is 1120. The van der Waals surface area contributed by atoms with Gasteiger partial charge in [0.15, 0.2) is 10.6 Å². The molecule has 0 saturated carbocycles. The van der Waals surface area contributed by atoms with Gasteiger partial charge in [-0.1, -0.05) is 30.2 Å². The summed E-state index contributed by atoms with van der Waals surface area (Å²) in [6.45, 7) is 2.66. The highest BCUT2D eigenvalue weighted by Crippen LogP contribution is 2.26. The number of H-pyrrole nitrogens is 1.